The van der Waals surface area contributed by atoms with Gasteiger partial charge in [0, 0.05) is 40.4 Å². The van der Waals surface area contributed by atoms with Gasteiger partial charge in [-0.25, -0.2) is 0 Å². The highest BCUT2D eigenvalue weighted by Gasteiger charge is 2.64. The predicted octanol–water partition coefficient (Wildman–Crippen LogP) is 5.88. The summed E-state index contributed by atoms with van der Waals surface area (Å²) in [4.78, 5) is 0.893. The van der Waals surface area contributed by atoms with Crippen molar-refractivity contribution < 1.29 is 23.5 Å². The molecule has 1 N–H and O–H groups in total. The standard InChI is InChI=1S/C30H38O5S2/c1-28(2)22-14-15-29(28,26(31)16-22)19-37(32)25-17-27(35-5)36-30(18-25,20-6-10-23(33-3)11-7-20)21-8-12-24(34-4)13-9-21/h6-13,17,22,26-27,31H,14-16,18-19H2,1-5H3/t22-,26-,27+,29-,37?/m1/s1. The Morgan fingerprint density at radius 2 is 1.54 bits per heavy atom. The van der Waals surface area contributed by atoms with Gasteiger partial charge in [-0.1, -0.05) is 38.1 Å². The summed E-state index contributed by atoms with van der Waals surface area (Å²) >= 11 is 1.73. The molecule has 0 radical (unpaired) electrons. The summed E-state index contributed by atoms with van der Waals surface area (Å²) in [6, 6.07) is 16.3. The van der Waals surface area contributed by atoms with Crippen molar-refractivity contribution in [3.05, 3.63) is 70.6 Å². The van der Waals surface area contributed by atoms with E-state index in [0.29, 0.717) is 18.1 Å². The lowest BCUT2D eigenvalue weighted by Crippen LogP contribution is -2.44. The fraction of sp³-hybridized carbons (Fsp3) is 0.533. The molecule has 0 saturated heterocycles. The molecular weight excluding hydrogens is 504 g/mol. The van der Waals surface area contributed by atoms with Crippen molar-refractivity contribution in [2.24, 2.45) is 16.7 Å². The summed E-state index contributed by atoms with van der Waals surface area (Å²) in [7, 11) is 3.79. The molecule has 2 aromatic rings. The number of rotatable bonds is 8. The van der Waals surface area contributed by atoms with E-state index in [1.54, 1.807) is 33.1 Å². The largest absolute Gasteiger partial charge is 0.497 e. The van der Waals surface area contributed by atoms with Gasteiger partial charge < -0.3 is 19.3 Å². The van der Waals surface area contributed by atoms with Crippen molar-refractivity contribution in [3.63, 3.8) is 0 Å². The first-order chi connectivity index (χ1) is 17.7. The van der Waals surface area contributed by atoms with Crippen LogP contribution in [0.2, 0.25) is 0 Å². The van der Waals surface area contributed by atoms with E-state index in [0.717, 1.165) is 46.8 Å². The van der Waals surface area contributed by atoms with Crippen molar-refractivity contribution >= 4 is 22.6 Å². The maximum absolute atomic E-state index is 14.2. The summed E-state index contributed by atoms with van der Waals surface area (Å²) in [5.41, 5.74) is 1.63. The zero-order valence-electron chi connectivity index (χ0n) is 22.4. The van der Waals surface area contributed by atoms with Crippen LogP contribution < -0.4 is 9.47 Å². The Hall–Kier alpha value is -1.80. The average Bonchev–Trinajstić information content (AvgIpc) is 3.27. The van der Waals surface area contributed by atoms with Crippen molar-refractivity contribution in [2.75, 3.05) is 27.1 Å². The number of ether oxygens (including phenoxy) is 3. The minimum atomic E-state index is -1.25. The van der Waals surface area contributed by atoms with Gasteiger partial charge in [0.05, 0.1) is 25.1 Å². The third kappa shape index (κ3) is 4.36. The Morgan fingerprint density at radius 1 is 0.973 bits per heavy atom. The fourth-order valence-corrected chi connectivity index (χ4v) is 10.6. The van der Waals surface area contributed by atoms with Crippen LogP contribution in [0.15, 0.2) is 59.5 Å². The maximum atomic E-state index is 14.2. The van der Waals surface area contributed by atoms with E-state index in [4.69, 9.17) is 14.2 Å². The first-order valence-corrected chi connectivity index (χ1v) is 15.2. The van der Waals surface area contributed by atoms with Crippen molar-refractivity contribution in [1.29, 1.82) is 0 Å². The minimum absolute atomic E-state index is 0.0181. The Balaban J connectivity index is 1.55. The second kappa shape index (κ2) is 10.1. The van der Waals surface area contributed by atoms with Gasteiger partial charge in [-0.05, 0) is 72.1 Å². The van der Waals surface area contributed by atoms with Crippen molar-refractivity contribution in [3.8, 4) is 11.5 Å². The van der Waals surface area contributed by atoms with Gasteiger partial charge in [0.2, 0.25) is 0 Å². The van der Waals surface area contributed by atoms with E-state index in [1.165, 1.54) is 0 Å². The van der Waals surface area contributed by atoms with E-state index in [2.05, 4.69) is 38.1 Å². The molecule has 0 spiro atoms. The van der Waals surface area contributed by atoms with Crippen LogP contribution in [0.5, 0.6) is 11.5 Å². The van der Waals surface area contributed by atoms with E-state index >= 15 is 0 Å². The first-order valence-electron chi connectivity index (χ1n) is 13.0. The normalized spacial score (nSPS) is 30.5. The predicted molar refractivity (Wildman–Crippen MR) is 150 cm³/mol. The second-order valence-electron chi connectivity index (χ2n) is 11.2. The smallest absolute Gasteiger partial charge is 0.123 e. The topological polar surface area (TPSA) is 65.0 Å². The highest BCUT2D eigenvalue weighted by molar-refractivity contribution is 8.01. The van der Waals surface area contributed by atoms with Crippen LogP contribution >= 0.6 is 11.8 Å². The van der Waals surface area contributed by atoms with Gasteiger partial charge in [-0.15, -0.1) is 11.8 Å². The Labute approximate surface area is 227 Å². The van der Waals surface area contributed by atoms with Crippen LogP contribution in [0, 0.1) is 16.7 Å². The van der Waals surface area contributed by atoms with Gasteiger partial charge >= 0.3 is 0 Å². The molecule has 7 heteroatoms. The number of thioether (sulfide) groups is 1. The number of allylic oxidation sites excluding steroid dienone is 1. The molecule has 2 saturated carbocycles. The van der Waals surface area contributed by atoms with Gasteiger partial charge in [0.1, 0.15) is 16.9 Å². The molecule has 200 valence electrons. The number of aliphatic hydroxyl groups excluding tert-OH is 1. The van der Waals surface area contributed by atoms with Crippen LogP contribution in [0.3, 0.4) is 0 Å². The molecule has 1 aliphatic heterocycles. The number of methoxy groups -OCH3 is 3. The number of hydrogen-bond acceptors (Lipinski definition) is 6. The van der Waals surface area contributed by atoms with Crippen molar-refractivity contribution in [1.82, 2.24) is 0 Å². The maximum Gasteiger partial charge on any atom is 0.123 e. The number of hydrogen-bond donors (Lipinski definition) is 1. The molecule has 3 aliphatic rings. The van der Waals surface area contributed by atoms with E-state index in [9.17, 15) is 9.32 Å². The van der Waals surface area contributed by atoms with Crippen LogP contribution in [0.25, 0.3) is 0 Å². The lowest BCUT2D eigenvalue weighted by atomic mass is 9.70. The lowest BCUT2D eigenvalue weighted by molar-refractivity contribution is 0.0161. The van der Waals surface area contributed by atoms with Crippen LogP contribution in [-0.4, -0.2) is 47.9 Å². The quantitative estimate of drug-likeness (QED) is 0.450. The molecular formula is C30H38O5S2. The molecule has 5 nitrogen and oxygen atoms in total. The molecule has 2 fully saturated rings. The van der Waals surface area contributed by atoms with Crippen molar-refractivity contribution in [2.45, 2.75) is 55.8 Å². The zero-order chi connectivity index (χ0) is 26.4. The number of aliphatic hydroxyl groups is 1. The summed E-state index contributed by atoms with van der Waals surface area (Å²) in [5, 5.41) is 11.1. The minimum Gasteiger partial charge on any atom is -0.497 e. The molecule has 2 aliphatic carbocycles. The zero-order valence-corrected chi connectivity index (χ0v) is 24.0. The third-order valence-corrected chi connectivity index (χ3v) is 12.7. The SMILES string of the molecule is COc1ccc(C2(c3ccc(OC)cc3)CC(S(=O)C[C@]34CC[C@H](C[C@H]3O)C4(C)C)=C[C@@H](OC)S2)cc1. The highest BCUT2D eigenvalue weighted by atomic mass is 32.2. The average molecular weight is 543 g/mol. The van der Waals surface area contributed by atoms with Crippen LogP contribution in [-0.2, 0) is 20.3 Å². The van der Waals surface area contributed by atoms with E-state index in [-0.39, 0.29) is 16.3 Å². The Kier molecular flexibility index (Phi) is 7.29. The number of fused-ring (bicyclic) bond motifs is 2. The molecule has 0 amide bonds. The number of benzene rings is 2. The Bertz CT molecular complexity index is 1130. The molecule has 2 bridgehead atoms. The van der Waals surface area contributed by atoms with Gasteiger partial charge in [0.25, 0.3) is 0 Å². The highest BCUT2D eigenvalue weighted by Crippen LogP contribution is 2.66. The third-order valence-electron chi connectivity index (χ3n) is 9.48. The van der Waals surface area contributed by atoms with E-state index < -0.39 is 21.7 Å². The molecule has 0 aromatic heterocycles. The molecule has 5 rings (SSSR count). The summed E-state index contributed by atoms with van der Waals surface area (Å²) < 4.78 is 30.5. The Morgan fingerprint density at radius 3 is 1.97 bits per heavy atom. The van der Waals surface area contributed by atoms with Crippen LogP contribution in [0.4, 0.5) is 0 Å². The molecule has 1 unspecified atom stereocenters. The summed E-state index contributed by atoms with van der Waals surface area (Å²) in [6.45, 7) is 4.53. The van der Waals surface area contributed by atoms with Crippen LogP contribution in [0.1, 0.15) is 50.7 Å². The van der Waals surface area contributed by atoms with Gasteiger partial charge in [-0.2, -0.15) is 0 Å². The molecule has 2 aromatic carbocycles. The lowest BCUT2D eigenvalue weighted by Gasteiger charge is -2.43. The first kappa shape index (κ1) is 26.8. The fourth-order valence-electron chi connectivity index (χ4n) is 6.94. The monoisotopic (exact) mass is 542 g/mol. The van der Waals surface area contributed by atoms with Gasteiger partial charge in [0.15, 0.2) is 0 Å². The molecule has 5 atom stereocenters. The summed E-state index contributed by atoms with van der Waals surface area (Å²) in [5.74, 6) is 2.58. The van der Waals surface area contributed by atoms with Gasteiger partial charge in [-0.3, -0.25) is 4.21 Å². The molecule has 37 heavy (non-hydrogen) atoms. The second-order valence-corrected chi connectivity index (χ2v) is 14.1. The molecule has 1 heterocycles. The summed E-state index contributed by atoms with van der Waals surface area (Å²) in [6.07, 6.45) is 5.12. The van der Waals surface area contributed by atoms with E-state index in [1.807, 2.05) is 30.3 Å².